The largest absolute Gasteiger partial charge is 0.383 e. The summed E-state index contributed by atoms with van der Waals surface area (Å²) in [5, 5.41) is 6.84. The zero-order valence-corrected chi connectivity index (χ0v) is 14.1. The molecule has 0 spiro atoms. The fourth-order valence-corrected chi connectivity index (χ4v) is 4.84. The van der Waals surface area contributed by atoms with Crippen LogP contribution in [0.3, 0.4) is 0 Å². The molecule has 1 aromatic carbocycles. The van der Waals surface area contributed by atoms with Crippen molar-refractivity contribution < 1.29 is 0 Å². The molecule has 1 aliphatic heterocycles. The van der Waals surface area contributed by atoms with E-state index in [1.165, 1.54) is 22.9 Å². The minimum atomic E-state index is 0.589. The Hall–Kier alpha value is -2.11. The Morgan fingerprint density at radius 2 is 2.21 bits per heavy atom. The molecule has 0 amide bonds. The van der Waals surface area contributed by atoms with Gasteiger partial charge in [-0.3, -0.25) is 0 Å². The fourth-order valence-electron chi connectivity index (χ4n) is 4.21. The number of benzene rings is 1. The first kappa shape index (κ1) is 14.3. The number of nitrogens with two attached hydrogens (primary N) is 1. The molecule has 1 aliphatic carbocycles. The Balaban J connectivity index is 1.51. The number of aromatic amines is 1. The predicted molar refractivity (Wildman–Crippen MR) is 100 cm³/mol. The van der Waals surface area contributed by atoms with Crippen LogP contribution in [0.25, 0.3) is 10.9 Å². The van der Waals surface area contributed by atoms with E-state index < -0.39 is 0 Å². The maximum Gasteiger partial charge on any atom is 0.141 e. The summed E-state index contributed by atoms with van der Waals surface area (Å²) in [6.45, 7) is 2.32. The van der Waals surface area contributed by atoms with Gasteiger partial charge in [0.15, 0.2) is 0 Å². The third kappa shape index (κ3) is 2.27. The lowest BCUT2D eigenvalue weighted by molar-refractivity contribution is 0.497. The van der Waals surface area contributed by atoms with Crippen LogP contribution < -0.4 is 11.1 Å². The van der Waals surface area contributed by atoms with Gasteiger partial charge in [0.1, 0.15) is 5.84 Å². The molecule has 4 N–H and O–H groups in total. The van der Waals surface area contributed by atoms with E-state index in [-0.39, 0.29) is 0 Å². The Morgan fingerprint density at radius 1 is 1.25 bits per heavy atom. The molecule has 3 atom stereocenters. The molecule has 2 fully saturated rings. The molecule has 1 saturated carbocycles. The highest BCUT2D eigenvalue weighted by atomic mass is 32.1. The van der Waals surface area contributed by atoms with E-state index in [1.807, 2.05) is 23.6 Å². The number of thiophene rings is 1. The first-order valence-electron chi connectivity index (χ1n) is 8.51. The van der Waals surface area contributed by atoms with E-state index in [2.05, 4.69) is 33.6 Å². The van der Waals surface area contributed by atoms with Crippen molar-refractivity contribution in [2.45, 2.75) is 12.3 Å². The number of nitrogens with zero attached hydrogens (tertiary/aromatic N) is 1. The molecule has 2 aromatic heterocycles. The van der Waals surface area contributed by atoms with Crippen molar-refractivity contribution >= 4 is 33.8 Å². The van der Waals surface area contributed by atoms with Gasteiger partial charge in [-0.25, -0.2) is 4.99 Å². The summed E-state index contributed by atoms with van der Waals surface area (Å²) >= 11 is 1.62. The van der Waals surface area contributed by atoms with Crippen LogP contribution in [-0.4, -0.2) is 23.9 Å². The topological polar surface area (TPSA) is 66.2 Å². The normalized spacial score (nSPS) is 26.5. The van der Waals surface area contributed by atoms with Crippen LogP contribution in [0.4, 0.5) is 5.69 Å². The standard InChI is InChI=1S/C19H20N4S/c20-19(17-2-1-7-24-17)23-11-3-4-16-13(8-11)15(10-22-16)18-12-5-6-21-9-14(12)18/h1-4,7-8,10,12,14,18,21-22H,5-6,9H2,(H2,20,23). The Labute approximate surface area is 144 Å². The summed E-state index contributed by atoms with van der Waals surface area (Å²) in [6.07, 6.45) is 3.49. The summed E-state index contributed by atoms with van der Waals surface area (Å²) in [5.74, 6) is 2.95. The summed E-state index contributed by atoms with van der Waals surface area (Å²) in [5.41, 5.74) is 9.71. The molecule has 5 rings (SSSR count). The third-order valence-corrected chi connectivity index (χ3v) is 6.34. The van der Waals surface area contributed by atoms with Crippen LogP contribution in [0.2, 0.25) is 0 Å². The SMILES string of the molecule is NC(=Nc1ccc2[nH]cc(C3C4CCNCC43)c2c1)c1cccs1. The van der Waals surface area contributed by atoms with Crippen molar-refractivity contribution in [2.75, 3.05) is 13.1 Å². The van der Waals surface area contributed by atoms with Crippen LogP contribution in [0.1, 0.15) is 22.8 Å². The highest BCUT2D eigenvalue weighted by molar-refractivity contribution is 7.12. The molecule has 1 saturated heterocycles. The van der Waals surface area contributed by atoms with Crippen molar-refractivity contribution in [3.05, 3.63) is 52.3 Å². The molecular formula is C19H20N4S. The molecule has 24 heavy (non-hydrogen) atoms. The lowest BCUT2D eigenvalue weighted by atomic mass is 10.1. The molecule has 3 aromatic rings. The lowest BCUT2D eigenvalue weighted by Gasteiger charge is -2.07. The van der Waals surface area contributed by atoms with Gasteiger partial charge in [-0.1, -0.05) is 6.07 Å². The first-order valence-corrected chi connectivity index (χ1v) is 9.39. The van der Waals surface area contributed by atoms with Gasteiger partial charge in [-0.15, -0.1) is 11.3 Å². The maximum absolute atomic E-state index is 6.14. The van der Waals surface area contributed by atoms with Gasteiger partial charge in [-0.2, -0.15) is 0 Å². The van der Waals surface area contributed by atoms with E-state index in [1.54, 1.807) is 11.3 Å². The summed E-state index contributed by atoms with van der Waals surface area (Å²) in [6, 6.07) is 10.3. The van der Waals surface area contributed by atoms with Crippen LogP contribution in [-0.2, 0) is 0 Å². The molecule has 122 valence electrons. The van der Waals surface area contributed by atoms with Gasteiger partial charge in [0.25, 0.3) is 0 Å². The Kier molecular flexibility index (Phi) is 3.24. The number of hydrogen-bond donors (Lipinski definition) is 3. The van der Waals surface area contributed by atoms with Gasteiger partial charge in [-0.05, 0) is 72.5 Å². The zero-order valence-electron chi connectivity index (χ0n) is 13.3. The molecule has 3 unspecified atom stereocenters. The van der Waals surface area contributed by atoms with Gasteiger partial charge in [0.2, 0.25) is 0 Å². The van der Waals surface area contributed by atoms with Crippen molar-refractivity contribution in [1.82, 2.24) is 10.3 Å². The van der Waals surface area contributed by atoms with Gasteiger partial charge in [0, 0.05) is 17.1 Å². The van der Waals surface area contributed by atoms with Crippen molar-refractivity contribution in [1.29, 1.82) is 0 Å². The number of amidine groups is 1. The number of hydrogen-bond acceptors (Lipinski definition) is 3. The van der Waals surface area contributed by atoms with Crippen LogP contribution in [0.15, 0.2) is 46.9 Å². The smallest absolute Gasteiger partial charge is 0.141 e. The van der Waals surface area contributed by atoms with E-state index in [4.69, 9.17) is 5.73 Å². The number of fused-ring (bicyclic) bond motifs is 2. The molecule has 2 aliphatic rings. The monoisotopic (exact) mass is 336 g/mol. The number of aromatic nitrogens is 1. The van der Waals surface area contributed by atoms with Crippen molar-refractivity contribution in [3.63, 3.8) is 0 Å². The second-order valence-corrected chi connectivity index (χ2v) is 7.74. The van der Waals surface area contributed by atoms with Crippen LogP contribution >= 0.6 is 11.3 Å². The molecule has 4 nitrogen and oxygen atoms in total. The molecular weight excluding hydrogens is 316 g/mol. The van der Waals surface area contributed by atoms with Crippen molar-refractivity contribution in [2.24, 2.45) is 22.6 Å². The Morgan fingerprint density at radius 3 is 3.00 bits per heavy atom. The van der Waals surface area contributed by atoms with Crippen LogP contribution in [0.5, 0.6) is 0 Å². The zero-order chi connectivity index (χ0) is 16.1. The van der Waals surface area contributed by atoms with E-state index in [0.717, 1.165) is 35.5 Å². The highest BCUT2D eigenvalue weighted by Crippen LogP contribution is 2.58. The van der Waals surface area contributed by atoms with E-state index in [9.17, 15) is 0 Å². The van der Waals surface area contributed by atoms with Gasteiger partial charge in [0.05, 0.1) is 10.6 Å². The highest BCUT2D eigenvalue weighted by Gasteiger charge is 2.52. The second kappa shape index (κ2) is 5.46. The quantitative estimate of drug-likeness (QED) is 0.505. The third-order valence-electron chi connectivity index (χ3n) is 5.45. The predicted octanol–water partition coefficient (Wildman–Crippen LogP) is 3.59. The number of H-pyrrole nitrogens is 1. The Bertz CT molecular complexity index is 897. The molecule has 0 bridgehead atoms. The number of piperidine rings is 1. The number of rotatable bonds is 3. The number of aliphatic imine (C=N–C) groups is 1. The molecule has 3 heterocycles. The summed E-state index contributed by atoms with van der Waals surface area (Å²) in [7, 11) is 0. The lowest BCUT2D eigenvalue weighted by Crippen LogP contribution is -2.23. The summed E-state index contributed by atoms with van der Waals surface area (Å²) < 4.78 is 0. The second-order valence-electron chi connectivity index (χ2n) is 6.79. The summed E-state index contributed by atoms with van der Waals surface area (Å²) in [4.78, 5) is 9.07. The minimum absolute atomic E-state index is 0.589. The van der Waals surface area contributed by atoms with E-state index in [0.29, 0.717) is 11.8 Å². The number of nitrogens with one attached hydrogen (secondary N) is 2. The van der Waals surface area contributed by atoms with Crippen LogP contribution in [0, 0.1) is 11.8 Å². The maximum atomic E-state index is 6.14. The first-order chi connectivity index (χ1) is 11.8. The average Bonchev–Trinajstić information content (AvgIpc) is 2.98. The fraction of sp³-hybridized carbons (Fsp3) is 0.316. The van der Waals surface area contributed by atoms with Gasteiger partial charge < -0.3 is 16.0 Å². The minimum Gasteiger partial charge on any atom is -0.383 e. The van der Waals surface area contributed by atoms with Gasteiger partial charge >= 0.3 is 0 Å². The van der Waals surface area contributed by atoms with Crippen molar-refractivity contribution in [3.8, 4) is 0 Å². The van der Waals surface area contributed by atoms with E-state index >= 15 is 0 Å². The molecule has 0 radical (unpaired) electrons. The average molecular weight is 336 g/mol. The molecule has 5 heteroatoms.